The lowest BCUT2D eigenvalue weighted by Gasteiger charge is -2.39. The first-order valence-corrected chi connectivity index (χ1v) is 17.1. The predicted octanol–water partition coefficient (Wildman–Crippen LogP) is 6.84. The first-order valence-electron chi connectivity index (χ1n) is 15.5. The number of hydrogen-bond acceptors (Lipinski definition) is 8. The van der Waals surface area contributed by atoms with Crippen molar-refractivity contribution in [1.29, 1.82) is 0 Å². The lowest BCUT2D eigenvalue weighted by Crippen LogP contribution is -2.47. The Bertz CT molecular complexity index is 1300. The van der Waals surface area contributed by atoms with Crippen LogP contribution in [0, 0.1) is 29.1 Å². The minimum Gasteiger partial charge on any atom is -0.477 e. The second kappa shape index (κ2) is 13.4. The fourth-order valence-electron chi connectivity index (χ4n) is 6.28. The summed E-state index contributed by atoms with van der Waals surface area (Å²) in [7, 11) is 0. The van der Waals surface area contributed by atoms with Crippen LogP contribution in [0.15, 0.2) is 6.07 Å². The van der Waals surface area contributed by atoms with Crippen molar-refractivity contribution in [3.63, 3.8) is 0 Å². The number of hydrogen-bond donors (Lipinski definition) is 1. The number of likely N-dealkylation sites (tertiary alicyclic amines) is 1. The third-order valence-corrected chi connectivity index (χ3v) is 10.3. The Labute approximate surface area is 258 Å². The van der Waals surface area contributed by atoms with Gasteiger partial charge in [0.05, 0.1) is 17.1 Å². The molecule has 0 unspecified atom stereocenters. The summed E-state index contributed by atoms with van der Waals surface area (Å²) in [4.78, 5) is 36.3. The predicted molar refractivity (Wildman–Crippen MR) is 167 cm³/mol. The number of anilines is 1. The number of carbonyl (C=O) groups excluding carboxylic acids is 1. The molecule has 2 saturated carbocycles. The molecule has 8 nitrogen and oxygen atoms in total. The number of aromatic carboxylic acids is 1. The molecule has 3 heterocycles. The summed E-state index contributed by atoms with van der Waals surface area (Å²) < 4.78 is 10.8. The first-order chi connectivity index (χ1) is 20.1. The fourth-order valence-corrected chi connectivity index (χ4v) is 7.73. The lowest BCUT2D eigenvalue weighted by atomic mass is 9.81. The molecule has 0 spiro atoms. The van der Waals surface area contributed by atoms with Crippen LogP contribution < -0.4 is 9.64 Å². The molecular weight excluding hydrogens is 569 g/mol. The molecule has 1 N–H and O–H groups in total. The Morgan fingerprint density at radius 2 is 1.79 bits per heavy atom. The Morgan fingerprint density at radius 3 is 2.43 bits per heavy atom. The quantitative estimate of drug-likeness (QED) is 0.326. The normalized spacial score (nSPS) is 25.0. The molecule has 3 fully saturated rings. The summed E-state index contributed by atoms with van der Waals surface area (Å²) in [5.74, 6) is 6.83. The standard InChI is InChI=1S/C32H44N4O4S2/c1-21-7-9-22(10-8-21)29(37)36(26-19-25(15-16-32(2,3)4)41-28(26)30(38)39)23-11-13-24(14-12-23)40-31-33-27(34-42-31)20-35-17-5-6-18-35/h19,21-24H,5-14,17-18,20H2,1-4H3,(H,38,39)/t21-,22-,23-,24-. The number of ether oxygens (including phenoxy) is 1. The van der Waals surface area contributed by atoms with Crippen LogP contribution in [-0.2, 0) is 11.3 Å². The summed E-state index contributed by atoms with van der Waals surface area (Å²) in [6, 6.07) is 1.76. The van der Waals surface area contributed by atoms with E-state index in [9.17, 15) is 14.7 Å². The van der Waals surface area contributed by atoms with Gasteiger partial charge in [-0.25, -0.2) is 4.79 Å². The number of aromatic nitrogens is 2. The Kier molecular flexibility index (Phi) is 9.91. The average molecular weight is 613 g/mol. The molecule has 2 aromatic rings. The van der Waals surface area contributed by atoms with Gasteiger partial charge in [-0.2, -0.15) is 9.36 Å². The summed E-state index contributed by atoms with van der Waals surface area (Å²) >= 11 is 2.49. The van der Waals surface area contributed by atoms with Crippen molar-refractivity contribution in [1.82, 2.24) is 14.3 Å². The van der Waals surface area contributed by atoms with E-state index in [0.717, 1.165) is 76.8 Å². The third-order valence-electron chi connectivity index (χ3n) is 8.62. The summed E-state index contributed by atoms with van der Waals surface area (Å²) in [6.07, 6.45) is 9.31. The van der Waals surface area contributed by atoms with Crippen molar-refractivity contribution < 1.29 is 19.4 Å². The highest BCUT2D eigenvalue weighted by Crippen LogP contribution is 2.39. The highest BCUT2D eigenvalue weighted by molar-refractivity contribution is 7.15. The van der Waals surface area contributed by atoms with Gasteiger partial charge in [-0.1, -0.05) is 18.8 Å². The number of thiophene rings is 1. The molecular formula is C32H44N4O4S2. The molecule has 1 amide bonds. The van der Waals surface area contributed by atoms with Crippen LogP contribution in [0.2, 0.25) is 0 Å². The highest BCUT2D eigenvalue weighted by Gasteiger charge is 2.38. The highest BCUT2D eigenvalue weighted by atomic mass is 32.1. The van der Waals surface area contributed by atoms with Crippen molar-refractivity contribution in [2.45, 2.75) is 111 Å². The lowest BCUT2D eigenvalue weighted by molar-refractivity contribution is -0.124. The van der Waals surface area contributed by atoms with Crippen LogP contribution >= 0.6 is 22.9 Å². The van der Waals surface area contributed by atoms with E-state index in [1.54, 1.807) is 0 Å². The van der Waals surface area contributed by atoms with E-state index in [1.807, 2.05) is 31.7 Å². The minimum atomic E-state index is -1.01. The zero-order chi connectivity index (χ0) is 29.9. The maximum absolute atomic E-state index is 14.2. The van der Waals surface area contributed by atoms with Crippen molar-refractivity contribution in [2.75, 3.05) is 18.0 Å². The fraction of sp³-hybridized carbons (Fsp3) is 0.688. The van der Waals surface area contributed by atoms with Gasteiger partial charge >= 0.3 is 5.97 Å². The molecule has 2 aliphatic carbocycles. The average Bonchev–Trinajstić information content (AvgIpc) is 3.71. The topological polar surface area (TPSA) is 95.9 Å². The van der Waals surface area contributed by atoms with E-state index in [2.05, 4.69) is 33.0 Å². The molecule has 2 aromatic heterocycles. The third kappa shape index (κ3) is 7.91. The van der Waals surface area contributed by atoms with E-state index >= 15 is 0 Å². The van der Waals surface area contributed by atoms with Gasteiger partial charge in [-0.15, -0.1) is 11.3 Å². The van der Waals surface area contributed by atoms with Crippen LogP contribution in [0.5, 0.6) is 5.19 Å². The Morgan fingerprint density at radius 1 is 1.10 bits per heavy atom. The monoisotopic (exact) mass is 612 g/mol. The molecule has 1 aliphatic heterocycles. The van der Waals surface area contributed by atoms with Crippen LogP contribution in [0.1, 0.15) is 112 Å². The number of nitrogens with zero attached hydrogens (tertiary/aromatic N) is 4. The Balaban J connectivity index is 1.32. The van der Waals surface area contributed by atoms with E-state index in [-0.39, 0.29) is 34.3 Å². The van der Waals surface area contributed by atoms with Gasteiger partial charge in [-0.05, 0) is 110 Å². The van der Waals surface area contributed by atoms with Crippen LogP contribution in [0.3, 0.4) is 0 Å². The van der Waals surface area contributed by atoms with Gasteiger partial charge < -0.3 is 14.7 Å². The van der Waals surface area contributed by atoms with Crippen LogP contribution in [-0.4, -0.2) is 56.5 Å². The van der Waals surface area contributed by atoms with Gasteiger partial charge in [0.2, 0.25) is 5.91 Å². The van der Waals surface area contributed by atoms with Gasteiger partial charge in [-0.3, -0.25) is 9.69 Å². The second-order valence-corrected chi connectivity index (χ2v) is 15.1. The maximum atomic E-state index is 14.2. The van der Waals surface area contributed by atoms with Gasteiger partial charge in [0.1, 0.15) is 11.0 Å². The van der Waals surface area contributed by atoms with Crippen molar-refractivity contribution in [3.05, 3.63) is 21.6 Å². The van der Waals surface area contributed by atoms with E-state index in [1.165, 1.54) is 35.7 Å². The van der Waals surface area contributed by atoms with Crippen molar-refractivity contribution in [2.24, 2.45) is 17.3 Å². The van der Waals surface area contributed by atoms with Gasteiger partial charge in [0.25, 0.3) is 5.19 Å². The van der Waals surface area contributed by atoms with Crippen molar-refractivity contribution >= 4 is 40.4 Å². The largest absolute Gasteiger partial charge is 0.477 e. The maximum Gasteiger partial charge on any atom is 0.348 e. The molecule has 0 radical (unpaired) electrons. The first kappa shape index (κ1) is 31.0. The molecule has 0 bridgehead atoms. The second-order valence-electron chi connectivity index (χ2n) is 13.3. The zero-order valence-electron chi connectivity index (χ0n) is 25.4. The van der Waals surface area contributed by atoms with Crippen LogP contribution in [0.25, 0.3) is 0 Å². The number of carboxylic acids is 1. The number of amides is 1. The Hall–Kier alpha value is -2.48. The van der Waals surface area contributed by atoms with Gasteiger partial charge in [0.15, 0.2) is 5.82 Å². The van der Waals surface area contributed by atoms with E-state index in [0.29, 0.717) is 21.7 Å². The minimum absolute atomic E-state index is 0.0101. The van der Waals surface area contributed by atoms with E-state index in [4.69, 9.17) is 4.74 Å². The molecule has 5 rings (SSSR count). The van der Waals surface area contributed by atoms with Crippen molar-refractivity contribution in [3.8, 4) is 17.0 Å². The molecule has 42 heavy (non-hydrogen) atoms. The number of rotatable bonds is 8. The molecule has 1 saturated heterocycles. The van der Waals surface area contributed by atoms with Gasteiger partial charge in [0, 0.05) is 28.9 Å². The summed E-state index contributed by atoms with van der Waals surface area (Å²) in [5.41, 5.74) is 0.302. The SMILES string of the molecule is CC(C)(C)C#Cc1cc(N(C(=O)[C@H]2CC[C@H](C)CC2)[C@H]2CC[C@H](Oc3nc(CN4CCCC4)ns3)CC2)c(C(=O)O)s1. The number of carbonyl (C=O) groups is 2. The van der Waals surface area contributed by atoms with Crippen LogP contribution in [0.4, 0.5) is 5.69 Å². The molecule has 0 atom stereocenters. The number of carboxylic acid groups (broad SMARTS) is 1. The molecule has 3 aliphatic rings. The molecule has 228 valence electrons. The zero-order valence-corrected chi connectivity index (χ0v) is 27.0. The van der Waals surface area contributed by atoms with E-state index < -0.39 is 5.97 Å². The smallest absolute Gasteiger partial charge is 0.348 e. The summed E-state index contributed by atoms with van der Waals surface area (Å²) in [6.45, 7) is 11.3. The molecule has 0 aromatic carbocycles. The molecule has 10 heteroatoms. The summed E-state index contributed by atoms with van der Waals surface area (Å²) in [5, 5.41) is 10.8.